The summed E-state index contributed by atoms with van der Waals surface area (Å²) in [4.78, 5) is 2.25. The molecule has 1 aromatic rings. The van der Waals surface area contributed by atoms with Crippen LogP contribution < -0.4 is 15.4 Å². The first-order valence-corrected chi connectivity index (χ1v) is 6.04. The second-order valence-electron chi connectivity index (χ2n) is 5.24. The van der Waals surface area contributed by atoms with Crippen molar-refractivity contribution < 1.29 is 4.74 Å². The molecule has 1 rings (SSSR count). The standard InChI is InChI=1S/C14H24N2O/c1-14(2,11-15)9-10-16(3)12-5-7-13(17-4)8-6-12/h5-8H,9-11,15H2,1-4H3. The summed E-state index contributed by atoms with van der Waals surface area (Å²) >= 11 is 0. The van der Waals surface area contributed by atoms with Crippen molar-refractivity contribution >= 4 is 5.69 Å². The third-order valence-corrected chi connectivity index (χ3v) is 3.19. The van der Waals surface area contributed by atoms with Crippen LogP contribution in [-0.2, 0) is 0 Å². The van der Waals surface area contributed by atoms with Crippen LogP contribution in [0.5, 0.6) is 5.75 Å². The van der Waals surface area contributed by atoms with Gasteiger partial charge in [0.05, 0.1) is 7.11 Å². The minimum Gasteiger partial charge on any atom is -0.497 e. The molecule has 0 heterocycles. The Bertz CT molecular complexity index is 333. The Morgan fingerprint density at radius 3 is 2.29 bits per heavy atom. The van der Waals surface area contributed by atoms with E-state index in [0.29, 0.717) is 0 Å². The molecule has 3 nitrogen and oxygen atoms in total. The molecule has 0 saturated heterocycles. The quantitative estimate of drug-likeness (QED) is 0.824. The lowest BCUT2D eigenvalue weighted by Gasteiger charge is -2.27. The van der Waals surface area contributed by atoms with Gasteiger partial charge in [-0.25, -0.2) is 0 Å². The molecule has 0 saturated carbocycles. The molecule has 0 aliphatic carbocycles. The number of nitrogens with zero attached hydrogens (tertiary/aromatic N) is 1. The minimum atomic E-state index is 0.209. The molecule has 2 N–H and O–H groups in total. The van der Waals surface area contributed by atoms with Gasteiger partial charge in [-0.3, -0.25) is 0 Å². The predicted octanol–water partition coefficient (Wildman–Crippen LogP) is 2.51. The summed E-state index contributed by atoms with van der Waals surface area (Å²) in [5, 5.41) is 0. The van der Waals surface area contributed by atoms with Crippen LogP contribution in [0.25, 0.3) is 0 Å². The van der Waals surface area contributed by atoms with Crippen LogP contribution in [0.4, 0.5) is 5.69 Å². The number of nitrogens with two attached hydrogens (primary N) is 1. The number of anilines is 1. The number of benzene rings is 1. The Labute approximate surface area is 105 Å². The third kappa shape index (κ3) is 4.27. The van der Waals surface area contributed by atoms with Crippen molar-refractivity contribution in [2.24, 2.45) is 11.1 Å². The van der Waals surface area contributed by atoms with Crippen molar-refractivity contribution in [3.8, 4) is 5.75 Å². The molecule has 0 bridgehead atoms. The zero-order valence-corrected chi connectivity index (χ0v) is 11.4. The number of hydrogen-bond acceptors (Lipinski definition) is 3. The maximum absolute atomic E-state index is 5.73. The van der Waals surface area contributed by atoms with E-state index in [2.05, 4.69) is 37.9 Å². The van der Waals surface area contributed by atoms with E-state index in [1.165, 1.54) is 5.69 Å². The van der Waals surface area contributed by atoms with Crippen molar-refractivity contribution in [1.29, 1.82) is 0 Å². The highest BCUT2D eigenvalue weighted by atomic mass is 16.5. The molecular weight excluding hydrogens is 212 g/mol. The lowest BCUT2D eigenvalue weighted by molar-refractivity contribution is 0.351. The first-order chi connectivity index (χ1) is 7.98. The second-order valence-corrected chi connectivity index (χ2v) is 5.24. The molecular formula is C14H24N2O. The van der Waals surface area contributed by atoms with Crippen LogP contribution >= 0.6 is 0 Å². The fourth-order valence-electron chi connectivity index (χ4n) is 1.54. The molecule has 1 aromatic carbocycles. The average Bonchev–Trinajstić information content (AvgIpc) is 2.36. The number of rotatable bonds is 6. The largest absolute Gasteiger partial charge is 0.497 e. The Balaban J connectivity index is 2.54. The van der Waals surface area contributed by atoms with E-state index in [1.807, 2.05) is 12.1 Å². The first kappa shape index (κ1) is 13.8. The molecule has 0 aliphatic heterocycles. The van der Waals surface area contributed by atoms with Gasteiger partial charge in [0.25, 0.3) is 0 Å². The van der Waals surface area contributed by atoms with Crippen molar-refractivity contribution in [1.82, 2.24) is 0 Å². The molecule has 0 atom stereocenters. The smallest absolute Gasteiger partial charge is 0.119 e. The topological polar surface area (TPSA) is 38.5 Å². The van der Waals surface area contributed by atoms with E-state index in [9.17, 15) is 0 Å². The van der Waals surface area contributed by atoms with E-state index in [-0.39, 0.29) is 5.41 Å². The summed E-state index contributed by atoms with van der Waals surface area (Å²) in [7, 11) is 3.79. The van der Waals surface area contributed by atoms with Crippen LogP contribution in [0.2, 0.25) is 0 Å². The van der Waals surface area contributed by atoms with Gasteiger partial charge >= 0.3 is 0 Å². The SMILES string of the molecule is COc1ccc(N(C)CCC(C)(C)CN)cc1. The number of methoxy groups -OCH3 is 1. The molecule has 0 aromatic heterocycles. The maximum atomic E-state index is 5.73. The minimum absolute atomic E-state index is 0.209. The van der Waals surface area contributed by atoms with Gasteiger partial charge < -0.3 is 15.4 Å². The second kappa shape index (κ2) is 5.92. The molecule has 96 valence electrons. The van der Waals surface area contributed by atoms with Gasteiger partial charge in [-0.1, -0.05) is 13.8 Å². The van der Waals surface area contributed by atoms with Crippen LogP contribution in [0.1, 0.15) is 20.3 Å². The fraction of sp³-hybridized carbons (Fsp3) is 0.571. The Hall–Kier alpha value is -1.22. The number of ether oxygens (including phenoxy) is 1. The highest BCUT2D eigenvalue weighted by Crippen LogP contribution is 2.22. The van der Waals surface area contributed by atoms with E-state index in [1.54, 1.807) is 7.11 Å². The van der Waals surface area contributed by atoms with Crippen molar-refractivity contribution in [2.75, 3.05) is 32.1 Å². The van der Waals surface area contributed by atoms with Gasteiger partial charge in [0.2, 0.25) is 0 Å². The van der Waals surface area contributed by atoms with Gasteiger partial charge in [0, 0.05) is 19.3 Å². The molecule has 0 unspecified atom stereocenters. The normalized spacial score (nSPS) is 11.4. The van der Waals surface area contributed by atoms with E-state index >= 15 is 0 Å². The van der Waals surface area contributed by atoms with Crippen molar-refractivity contribution in [2.45, 2.75) is 20.3 Å². The number of hydrogen-bond donors (Lipinski definition) is 1. The highest BCUT2D eigenvalue weighted by Gasteiger charge is 2.16. The lowest BCUT2D eigenvalue weighted by Crippen LogP contribution is -2.29. The average molecular weight is 236 g/mol. The summed E-state index contributed by atoms with van der Waals surface area (Å²) in [6, 6.07) is 8.13. The molecule has 0 spiro atoms. The molecule has 0 aliphatic rings. The molecule has 3 heteroatoms. The van der Waals surface area contributed by atoms with Crippen LogP contribution in [-0.4, -0.2) is 27.2 Å². The molecule has 0 radical (unpaired) electrons. The zero-order chi connectivity index (χ0) is 12.9. The summed E-state index contributed by atoms with van der Waals surface area (Å²) in [5.74, 6) is 0.893. The summed E-state index contributed by atoms with van der Waals surface area (Å²) in [6.07, 6.45) is 1.09. The maximum Gasteiger partial charge on any atom is 0.119 e. The third-order valence-electron chi connectivity index (χ3n) is 3.19. The van der Waals surface area contributed by atoms with E-state index < -0.39 is 0 Å². The predicted molar refractivity (Wildman–Crippen MR) is 73.7 cm³/mol. The van der Waals surface area contributed by atoms with Gasteiger partial charge in [-0.05, 0) is 42.6 Å². The van der Waals surface area contributed by atoms with Crippen molar-refractivity contribution in [3.05, 3.63) is 24.3 Å². The molecule has 0 amide bonds. The summed E-state index contributed by atoms with van der Waals surface area (Å²) in [6.45, 7) is 6.14. The van der Waals surface area contributed by atoms with Gasteiger partial charge in [-0.15, -0.1) is 0 Å². The summed E-state index contributed by atoms with van der Waals surface area (Å²) in [5.41, 5.74) is 7.15. The van der Waals surface area contributed by atoms with E-state index in [0.717, 1.165) is 25.3 Å². The van der Waals surface area contributed by atoms with Crippen LogP contribution in [0, 0.1) is 5.41 Å². The molecule has 0 fully saturated rings. The Morgan fingerprint density at radius 1 is 1.24 bits per heavy atom. The molecule has 17 heavy (non-hydrogen) atoms. The first-order valence-electron chi connectivity index (χ1n) is 6.04. The van der Waals surface area contributed by atoms with Crippen LogP contribution in [0.15, 0.2) is 24.3 Å². The zero-order valence-electron chi connectivity index (χ0n) is 11.4. The van der Waals surface area contributed by atoms with Crippen molar-refractivity contribution in [3.63, 3.8) is 0 Å². The van der Waals surface area contributed by atoms with Crippen LogP contribution in [0.3, 0.4) is 0 Å². The van der Waals surface area contributed by atoms with E-state index in [4.69, 9.17) is 10.5 Å². The van der Waals surface area contributed by atoms with Gasteiger partial charge in [0.1, 0.15) is 5.75 Å². The Kier molecular flexibility index (Phi) is 4.82. The van der Waals surface area contributed by atoms with Gasteiger partial charge in [-0.2, -0.15) is 0 Å². The fourth-order valence-corrected chi connectivity index (χ4v) is 1.54. The monoisotopic (exact) mass is 236 g/mol. The Morgan fingerprint density at radius 2 is 1.82 bits per heavy atom. The lowest BCUT2D eigenvalue weighted by atomic mass is 9.89. The highest BCUT2D eigenvalue weighted by molar-refractivity contribution is 5.48. The summed E-state index contributed by atoms with van der Waals surface area (Å²) < 4.78 is 5.15. The van der Waals surface area contributed by atoms with Gasteiger partial charge in [0.15, 0.2) is 0 Å².